The van der Waals surface area contributed by atoms with Gasteiger partial charge < -0.3 is 29.4 Å². The monoisotopic (exact) mass is 379 g/mol. The summed E-state index contributed by atoms with van der Waals surface area (Å²) in [7, 11) is 1.29. The normalized spacial score (nSPS) is 11.7. The van der Waals surface area contributed by atoms with Gasteiger partial charge in [0.05, 0.1) is 25.8 Å². The molecule has 146 valence electrons. The number of methoxy groups -OCH3 is 1. The number of nitrogens with zero attached hydrogens (tertiary/aromatic N) is 3. The minimum absolute atomic E-state index is 0.00308. The Kier molecular flexibility index (Phi) is 7.12. The Morgan fingerprint density at radius 3 is 2.63 bits per heavy atom. The number of carbonyl (C=O) groups excluding carboxylic acids is 1. The topological polar surface area (TPSA) is 126 Å². The number of carbonyl (C=O) groups is 1. The molecule has 0 radical (unpaired) electrons. The van der Waals surface area contributed by atoms with Crippen LogP contribution in [0.2, 0.25) is 0 Å². The molecule has 27 heavy (non-hydrogen) atoms. The van der Waals surface area contributed by atoms with E-state index in [1.807, 2.05) is 6.92 Å². The average Bonchev–Trinajstić information content (AvgIpc) is 3.07. The van der Waals surface area contributed by atoms with Gasteiger partial charge in [-0.05, 0) is 40.6 Å². The number of hydrogen-bond acceptors (Lipinski definition) is 8. The summed E-state index contributed by atoms with van der Waals surface area (Å²) in [6, 6.07) is 6.25. The maximum Gasteiger partial charge on any atom is 0.426 e. The van der Waals surface area contributed by atoms with Gasteiger partial charge in [-0.1, -0.05) is 6.92 Å². The first-order valence-electron chi connectivity index (χ1n) is 8.27. The van der Waals surface area contributed by atoms with Crippen LogP contribution in [0.4, 0.5) is 5.82 Å². The van der Waals surface area contributed by atoms with Crippen LogP contribution in [-0.4, -0.2) is 52.0 Å². The number of aromatic nitrogens is 2. The molecule has 0 saturated heterocycles. The molecule has 0 spiro atoms. The maximum absolute atomic E-state index is 11.4. The van der Waals surface area contributed by atoms with Crippen LogP contribution in [0, 0.1) is 10.1 Å². The molecule has 0 aliphatic heterocycles. The van der Waals surface area contributed by atoms with E-state index >= 15 is 0 Å². The smallest absolute Gasteiger partial charge is 0.426 e. The Morgan fingerprint density at radius 2 is 2.04 bits per heavy atom. The van der Waals surface area contributed by atoms with Gasteiger partial charge in [0, 0.05) is 0 Å². The van der Waals surface area contributed by atoms with Crippen LogP contribution in [0.25, 0.3) is 0 Å². The van der Waals surface area contributed by atoms with Crippen molar-refractivity contribution in [1.82, 2.24) is 9.55 Å². The van der Waals surface area contributed by atoms with Gasteiger partial charge in [0.25, 0.3) is 5.88 Å². The summed E-state index contributed by atoms with van der Waals surface area (Å²) >= 11 is 0. The van der Waals surface area contributed by atoms with Gasteiger partial charge in [0.15, 0.2) is 0 Å². The van der Waals surface area contributed by atoms with Gasteiger partial charge in [-0.15, -0.1) is 0 Å². The number of ether oxygens (including phenoxy) is 3. The van der Waals surface area contributed by atoms with Crippen LogP contribution < -0.4 is 9.47 Å². The molecular weight excluding hydrogens is 358 g/mol. The van der Waals surface area contributed by atoms with E-state index in [-0.39, 0.29) is 19.0 Å². The molecule has 10 heteroatoms. The summed E-state index contributed by atoms with van der Waals surface area (Å²) in [4.78, 5) is 25.5. The molecule has 0 amide bonds. The van der Waals surface area contributed by atoms with Crippen LogP contribution in [0.3, 0.4) is 0 Å². The molecule has 1 aromatic heterocycles. The number of benzene rings is 1. The third-order valence-electron chi connectivity index (χ3n) is 3.51. The Hall–Kier alpha value is -3.14. The summed E-state index contributed by atoms with van der Waals surface area (Å²) in [6.45, 7) is 2.13. The van der Waals surface area contributed by atoms with E-state index in [4.69, 9.17) is 9.47 Å². The van der Waals surface area contributed by atoms with Crippen LogP contribution >= 0.6 is 0 Å². The molecule has 0 fully saturated rings. The molecule has 1 aromatic carbocycles. The summed E-state index contributed by atoms with van der Waals surface area (Å²) < 4.78 is 16.9. The zero-order chi connectivity index (χ0) is 19.8. The summed E-state index contributed by atoms with van der Waals surface area (Å²) in [5, 5.41) is 21.2. The number of aliphatic hydroxyl groups is 1. The van der Waals surface area contributed by atoms with E-state index in [9.17, 15) is 20.0 Å². The predicted molar refractivity (Wildman–Crippen MR) is 94.0 cm³/mol. The van der Waals surface area contributed by atoms with Crippen molar-refractivity contribution in [3.8, 4) is 11.6 Å². The number of aliphatic hydroxyl groups excluding tert-OH is 1. The van der Waals surface area contributed by atoms with Gasteiger partial charge in [-0.2, -0.15) is 0 Å². The van der Waals surface area contributed by atoms with Crippen LogP contribution in [0.15, 0.2) is 30.6 Å². The highest BCUT2D eigenvalue weighted by molar-refractivity contribution is 5.89. The van der Waals surface area contributed by atoms with Crippen LogP contribution in [0.5, 0.6) is 11.6 Å². The van der Waals surface area contributed by atoms with Gasteiger partial charge in [-0.3, -0.25) is 4.57 Å². The first kappa shape index (κ1) is 20.2. The van der Waals surface area contributed by atoms with E-state index in [0.29, 0.717) is 24.3 Å². The Labute approximate surface area is 155 Å². The zero-order valence-corrected chi connectivity index (χ0v) is 15.0. The maximum atomic E-state index is 11.4. The fourth-order valence-corrected chi connectivity index (χ4v) is 2.24. The van der Waals surface area contributed by atoms with Crippen molar-refractivity contribution in [1.29, 1.82) is 0 Å². The highest BCUT2D eigenvalue weighted by atomic mass is 16.6. The average molecular weight is 379 g/mol. The van der Waals surface area contributed by atoms with E-state index in [1.54, 1.807) is 24.3 Å². The molecule has 2 aromatic rings. The Balaban J connectivity index is 1.96. The quantitative estimate of drug-likeness (QED) is 0.376. The molecule has 1 heterocycles. The van der Waals surface area contributed by atoms with Crippen molar-refractivity contribution in [2.45, 2.75) is 26.0 Å². The van der Waals surface area contributed by atoms with Gasteiger partial charge >= 0.3 is 11.8 Å². The second-order valence-electron chi connectivity index (χ2n) is 5.61. The van der Waals surface area contributed by atoms with Crippen LogP contribution in [0.1, 0.15) is 23.7 Å². The Morgan fingerprint density at radius 1 is 1.33 bits per heavy atom. The first-order valence-corrected chi connectivity index (χ1v) is 8.27. The minimum Gasteiger partial charge on any atom is -0.491 e. The standard InChI is InChI=1S/C17H21N3O7/c1-3-8-26-16-15(20(23)24)18-11-19(16)9-13(21)10-27-14-6-4-12(5-7-14)17(22)25-2/h4-7,11,13,21H,3,8-10H2,1-2H3. The number of esters is 1. The second-order valence-corrected chi connectivity index (χ2v) is 5.61. The molecule has 2 rings (SSSR count). The number of rotatable bonds is 10. The van der Waals surface area contributed by atoms with E-state index in [0.717, 1.165) is 0 Å². The lowest BCUT2D eigenvalue weighted by Gasteiger charge is -2.14. The molecule has 1 unspecified atom stereocenters. The van der Waals surface area contributed by atoms with Crippen molar-refractivity contribution in [3.05, 3.63) is 46.3 Å². The van der Waals surface area contributed by atoms with Crippen molar-refractivity contribution in [3.63, 3.8) is 0 Å². The van der Waals surface area contributed by atoms with Gasteiger partial charge in [-0.25, -0.2) is 4.79 Å². The highest BCUT2D eigenvalue weighted by Crippen LogP contribution is 2.25. The van der Waals surface area contributed by atoms with Crippen LogP contribution in [-0.2, 0) is 11.3 Å². The minimum atomic E-state index is -0.955. The van der Waals surface area contributed by atoms with Crippen molar-refractivity contribution < 1.29 is 29.0 Å². The molecule has 10 nitrogen and oxygen atoms in total. The molecule has 0 aliphatic carbocycles. The van der Waals surface area contributed by atoms with E-state index in [1.165, 1.54) is 18.0 Å². The Bertz CT molecular complexity index is 773. The lowest BCUT2D eigenvalue weighted by Crippen LogP contribution is -2.24. The SMILES string of the molecule is CCCOc1c([N+](=O)[O-])ncn1CC(O)COc1ccc(C(=O)OC)cc1. The number of nitro groups is 1. The largest absolute Gasteiger partial charge is 0.491 e. The molecule has 0 aliphatic rings. The van der Waals surface area contributed by atoms with Gasteiger partial charge in [0.2, 0.25) is 6.33 Å². The summed E-state index contributed by atoms with van der Waals surface area (Å²) in [5.74, 6) is -0.387. The number of imidazole rings is 1. The lowest BCUT2D eigenvalue weighted by atomic mass is 10.2. The summed E-state index contributed by atoms with van der Waals surface area (Å²) in [5.41, 5.74) is 0.383. The molecule has 1 atom stereocenters. The lowest BCUT2D eigenvalue weighted by molar-refractivity contribution is -0.390. The number of hydrogen-bond donors (Lipinski definition) is 1. The van der Waals surface area contributed by atoms with Crippen molar-refractivity contribution >= 4 is 11.8 Å². The summed E-state index contributed by atoms with van der Waals surface area (Å²) in [6.07, 6.45) is 0.968. The predicted octanol–water partition coefficient (Wildman–Crippen LogP) is 1.81. The molecular formula is C17H21N3O7. The van der Waals surface area contributed by atoms with E-state index in [2.05, 4.69) is 9.72 Å². The molecule has 1 N–H and O–H groups in total. The van der Waals surface area contributed by atoms with Crippen molar-refractivity contribution in [2.75, 3.05) is 20.3 Å². The molecule has 0 bridgehead atoms. The second kappa shape index (κ2) is 9.53. The van der Waals surface area contributed by atoms with Crippen molar-refractivity contribution in [2.24, 2.45) is 0 Å². The highest BCUT2D eigenvalue weighted by Gasteiger charge is 2.24. The zero-order valence-electron chi connectivity index (χ0n) is 15.0. The molecule has 0 saturated carbocycles. The third kappa shape index (κ3) is 5.42. The first-order chi connectivity index (χ1) is 13.0. The van der Waals surface area contributed by atoms with Gasteiger partial charge in [0.1, 0.15) is 18.5 Å². The fourth-order valence-electron chi connectivity index (χ4n) is 2.24. The fraction of sp³-hybridized carbons (Fsp3) is 0.412. The third-order valence-corrected chi connectivity index (χ3v) is 3.51. The van der Waals surface area contributed by atoms with E-state index < -0.39 is 22.8 Å².